The summed E-state index contributed by atoms with van der Waals surface area (Å²) in [6, 6.07) is 7.94. The van der Waals surface area contributed by atoms with Gasteiger partial charge in [0.1, 0.15) is 0 Å². The van der Waals surface area contributed by atoms with Crippen LogP contribution in [-0.2, 0) is 6.42 Å². The zero-order valence-corrected chi connectivity index (χ0v) is 12.5. The third-order valence-corrected chi connectivity index (χ3v) is 3.53. The molecular formula is C15H23ClN2O. The summed E-state index contributed by atoms with van der Waals surface area (Å²) in [5.74, 6) is 0. The van der Waals surface area contributed by atoms with Gasteiger partial charge in [0.05, 0.1) is 0 Å². The van der Waals surface area contributed by atoms with Crippen molar-refractivity contribution in [3.63, 3.8) is 0 Å². The van der Waals surface area contributed by atoms with E-state index in [2.05, 4.69) is 11.4 Å². The predicted molar refractivity (Wildman–Crippen MR) is 80.7 cm³/mol. The fourth-order valence-electron chi connectivity index (χ4n) is 1.96. The van der Waals surface area contributed by atoms with Crippen molar-refractivity contribution in [1.82, 2.24) is 10.2 Å². The van der Waals surface area contributed by atoms with Crippen LogP contribution < -0.4 is 5.32 Å². The van der Waals surface area contributed by atoms with Gasteiger partial charge in [0, 0.05) is 24.7 Å². The topological polar surface area (TPSA) is 32.3 Å². The van der Waals surface area contributed by atoms with Gasteiger partial charge < -0.3 is 10.2 Å². The first-order valence-corrected chi connectivity index (χ1v) is 7.33. The molecular weight excluding hydrogens is 260 g/mol. The first-order chi connectivity index (χ1) is 9.19. The van der Waals surface area contributed by atoms with Crippen molar-refractivity contribution in [2.45, 2.75) is 33.1 Å². The zero-order valence-electron chi connectivity index (χ0n) is 11.8. The average Bonchev–Trinajstić information content (AvgIpc) is 2.42. The summed E-state index contributed by atoms with van der Waals surface area (Å²) in [6.45, 7) is 6.20. The maximum absolute atomic E-state index is 11.7. The van der Waals surface area contributed by atoms with Gasteiger partial charge in [-0.3, -0.25) is 0 Å². The summed E-state index contributed by atoms with van der Waals surface area (Å²) in [6.07, 6.45) is 2.96. The molecule has 0 spiro atoms. The van der Waals surface area contributed by atoms with Crippen molar-refractivity contribution in [1.29, 1.82) is 0 Å². The van der Waals surface area contributed by atoms with Crippen molar-refractivity contribution in [3.8, 4) is 0 Å². The van der Waals surface area contributed by atoms with Crippen LogP contribution in [0.1, 0.15) is 32.3 Å². The molecule has 0 saturated heterocycles. The molecule has 0 fully saturated rings. The van der Waals surface area contributed by atoms with Crippen molar-refractivity contribution in [3.05, 3.63) is 34.9 Å². The molecule has 0 aliphatic heterocycles. The molecule has 1 aromatic carbocycles. The maximum atomic E-state index is 11.7. The monoisotopic (exact) mass is 282 g/mol. The number of rotatable bonds is 7. The Balaban J connectivity index is 2.18. The molecule has 2 amide bonds. The lowest BCUT2D eigenvalue weighted by molar-refractivity contribution is 0.203. The van der Waals surface area contributed by atoms with E-state index in [1.165, 1.54) is 5.56 Å². The van der Waals surface area contributed by atoms with Gasteiger partial charge in [-0.25, -0.2) is 4.79 Å². The van der Waals surface area contributed by atoms with Gasteiger partial charge in [0.25, 0.3) is 0 Å². The first-order valence-electron chi connectivity index (χ1n) is 6.95. The normalized spacial score (nSPS) is 10.3. The largest absolute Gasteiger partial charge is 0.338 e. The molecule has 106 valence electrons. The van der Waals surface area contributed by atoms with E-state index in [9.17, 15) is 4.79 Å². The van der Waals surface area contributed by atoms with Crippen LogP contribution in [0.2, 0.25) is 5.02 Å². The van der Waals surface area contributed by atoms with E-state index in [1.807, 2.05) is 32.0 Å². The third-order valence-electron chi connectivity index (χ3n) is 3.16. The smallest absolute Gasteiger partial charge is 0.317 e. The minimum absolute atomic E-state index is 0.0303. The Morgan fingerprint density at radius 2 is 1.89 bits per heavy atom. The molecule has 0 aliphatic carbocycles. The van der Waals surface area contributed by atoms with Gasteiger partial charge in [-0.2, -0.15) is 0 Å². The highest BCUT2D eigenvalue weighted by Gasteiger charge is 2.07. The van der Waals surface area contributed by atoms with Crippen molar-refractivity contribution in [2.75, 3.05) is 19.6 Å². The predicted octanol–water partition coefficient (Wildman–Crippen LogP) is 3.71. The molecule has 1 aromatic rings. The molecule has 0 radical (unpaired) electrons. The lowest BCUT2D eigenvalue weighted by Gasteiger charge is -2.19. The van der Waals surface area contributed by atoms with Crippen molar-refractivity contribution >= 4 is 17.6 Å². The number of benzene rings is 1. The summed E-state index contributed by atoms with van der Waals surface area (Å²) in [5, 5.41) is 3.77. The number of carbonyl (C=O) groups excluding carboxylic acids is 1. The van der Waals surface area contributed by atoms with Crippen LogP contribution in [0.5, 0.6) is 0 Å². The fraction of sp³-hybridized carbons (Fsp3) is 0.533. The quantitative estimate of drug-likeness (QED) is 0.760. The van der Waals surface area contributed by atoms with Gasteiger partial charge in [0.15, 0.2) is 0 Å². The molecule has 19 heavy (non-hydrogen) atoms. The number of hydrogen-bond acceptors (Lipinski definition) is 1. The molecule has 0 aliphatic rings. The summed E-state index contributed by atoms with van der Waals surface area (Å²) < 4.78 is 0. The Morgan fingerprint density at radius 1 is 1.21 bits per heavy atom. The Kier molecular flexibility index (Phi) is 7.34. The maximum Gasteiger partial charge on any atom is 0.317 e. The van der Waals surface area contributed by atoms with Crippen LogP contribution in [0.4, 0.5) is 4.79 Å². The number of urea groups is 1. The Hall–Kier alpha value is -1.22. The molecule has 0 saturated carbocycles. The lowest BCUT2D eigenvalue weighted by Crippen LogP contribution is -2.40. The fourth-order valence-corrected chi connectivity index (χ4v) is 2.19. The van der Waals surface area contributed by atoms with Crippen LogP contribution in [0, 0.1) is 0 Å². The van der Waals surface area contributed by atoms with E-state index in [0.29, 0.717) is 0 Å². The van der Waals surface area contributed by atoms with Gasteiger partial charge >= 0.3 is 6.03 Å². The van der Waals surface area contributed by atoms with Crippen LogP contribution in [0.15, 0.2) is 24.3 Å². The molecule has 0 heterocycles. The number of nitrogens with zero attached hydrogens (tertiary/aromatic N) is 1. The standard InChI is InChI=1S/C15H23ClN2O/c1-3-18(4-2)15(19)17-12-8-7-10-13-9-5-6-11-14(13)16/h5-6,9,11H,3-4,7-8,10,12H2,1-2H3,(H,17,19). The molecule has 0 unspecified atom stereocenters. The second-order valence-corrected chi connectivity index (χ2v) is 4.86. The minimum atomic E-state index is 0.0303. The number of unbranched alkanes of at least 4 members (excludes halogenated alkanes) is 1. The third kappa shape index (κ3) is 5.52. The number of nitrogens with one attached hydrogen (secondary N) is 1. The highest BCUT2D eigenvalue weighted by molar-refractivity contribution is 6.31. The molecule has 0 atom stereocenters. The van der Waals surface area contributed by atoms with Gasteiger partial charge in [-0.05, 0) is 44.7 Å². The molecule has 0 aromatic heterocycles. The van der Waals surface area contributed by atoms with Crippen LogP contribution in [0.25, 0.3) is 0 Å². The van der Waals surface area contributed by atoms with E-state index in [-0.39, 0.29) is 6.03 Å². The van der Waals surface area contributed by atoms with Crippen molar-refractivity contribution in [2.24, 2.45) is 0 Å². The Bertz CT molecular complexity index is 391. The van der Waals surface area contributed by atoms with E-state index >= 15 is 0 Å². The number of carbonyl (C=O) groups is 1. The molecule has 0 bridgehead atoms. The first kappa shape index (κ1) is 15.8. The van der Waals surface area contributed by atoms with Crippen molar-refractivity contribution < 1.29 is 4.79 Å². The van der Waals surface area contributed by atoms with Crippen LogP contribution in [-0.4, -0.2) is 30.6 Å². The van der Waals surface area contributed by atoms with Crippen LogP contribution >= 0.6 is 11.6 Å². The molecule has 1 rings (SSSR count). The second kappa shape index (κ2) is 8.81. The number of aryl methyl sites for hydroxylation is 1. The van der Waals surface area contributed by atoms with Gasteiger partial charge in [-0.15, -0.1) is 0 Å². The summed E-state index contributed by atoms with van der Waals surface area (Å²) in [5.41, 5.74) is 1.18. The van der Waals surface area contributed by atoms with Crippen LogP contribution in [0.3, 0.4) is 0 Å². The SMILES string of the molecule is CCN(CC)C(=O)NCCCCc1ccccc1Cl. The highest BCUT2D eigenvalue weighted by Crippen LogP contribution is 2.16. The molecule has 4 heteroatoms. The molecule has 3 nitrogen and oxygen atoms in total. The van der Waals surface area contributed by atoms with E-state index in [1.54, 1.807) is 4.90 Å². The number of amides is 2. The lowest BCUT2D eigenvalue weighted by atomic mass is 10.1. The second-order valence-electron chi connectivity index (χ2n) is 4.45. The zero-order chi connectivity index (χ0) is 14.1. The number of halogens is 1. The van der Waals surface area contributed by atoms with Gasteiger partial charge in [0.2, 0.25) is 0 Å². The van der Waals surface area contributed by atoms with E-state index in [0.717, 1.165) is 43.9 Å². The van der Waals surface area contributed by atoms with E-state index < -0.39 is 0 Å². The van der Waals surface area contributed by atoms with Gasteiger partial charge in [-0.1, -0.05) is 29.8 Å². The highest BCUT2D eigenvalue weighted by atomic mass is 35.5. The number of hydrogen-bond donors (Lipinski definition) is 1. The summed E-state index contributed by atoms with van der Waals surface area (Å²) in [4.78, 5) is 13.5. The average molecular weight is 283 g/mol. The molecule has 1 N–H and O–H groups in total. The Labute approximate surface area is 120 Å². The summed E-state index contributed by atoms with van der Waals surface area (Å²) >= 11 is 6.09. The Morgan fingerprint density at radius 3 is 2.53 bits per heavy atom. The summed E-state index contributed by atoms with van der Waals surface area (Å²) in [7, 11) is 0. The minimum Gasteiger partial charge on any atom is -0.338 e. The van der Waals surface area contributed by atoms with E-state index in [4.69, 9.17) is 11.6 Å².